The molecule has 2 unspecified atom stereocenters. The van der Waals surface area contributed by atoms with Crippen LogP contribution in [0.5, 0.6) is 0 Å². The molecule has 0 radical (unpaired) electrons. The van der Waals surface area contributed by atoms with E-state index in [1.807, 2.05) is 4.90 Å². The lowest BCUT2D eigenvalue weighted by Gasteiger charge is -2.33. The molecule has 2 saturated heterocycles. The van der Waals surface area contributed by atoms with Crippen LogP contribution in [0.1, 0.15) is 56.6 Å². The summed E-state index contributed by atoms with van der Waals surface area (Å²) in [6, 6.07) is 2.85. The first-order chi connectivity index (χ1) is 14.5. The number of amides is 2. The Morgan fingerprint density at radius 3 is 2.77 bits per heavy atom. The predicted molar refractivity (Wildman–Crippen MR) is 112 cm³/mol. The maximum atomic E-state index is 12.9. The van der Waals surface area contributed by atoms with Crippen molar-refractivity contribution in [1.29, 1.82) is 0 Å². The normalized spacial score (nSPS) is 21.1. The Hall–Kier alpha value is -2.48. The standard InChI is InChI=1S/C22H32N4O4/c27-20(6-5-16-7-10-23-11-8-16)26-12-2-4-18(15-26)22(30)25-19(13-21(28)29)17-3-1-9-24-14-17/h1,3,9,14,16,18-19,23H,2,4-8,10-13,15H2,(H,25,30)(H,28,29). The predicted octanol–water partition coefficient (Wildman–Crippen LogP) is 1.73. The largest absolute Gasteiger partial charge is 0.481 e. The second-order valence-electron chi connectivity index (χ2n) is 8.36. The van der Waals surface area contributed by atoms with Crippen molar-refractivity contribution < 1.29 is 19.5 Å². The Balaban J connectivity index is 1.53. The zero-order valence-corrected chi connectivity index (χ0v) is 17.4. The molecule has 2 amide bonds. The second-order valence-corrected chi connectivity index (χ2v) is 8.36. The van der Waals surface area contributed by atoms with E-state index in [4.69, 9.17) is 0 Å². The maximum absolute atomic E-state index is 12.9. The van der Waals surface area contributed by atoms with Crippen LogP contribution in [0.15, 0.2) is 24.5 Å². The van der Waals surface area contributed by atoms with Crippen LogP contribution in [0, 0.1) is 11.8 Å². The van der Waals surface area contributed by atoms with Crippen LogP contribution in [0.2, 0.25) is 0 Å². The van der Waals surface area contributed by atoms with Gasteiger partial charge in [0.1, 0.15) is 0 Å². The second kappa shape index (κ2) is 11.1. The Morgan fingerprint density at radius 2 is 2.07 bits per heavy atom. The van der Waals surface area contributed by atoms with Gasteiger partial charge in [0.05, 0.1) is 18.4 Å². The number of nitrogens with one attached hydrogen (secondary N) is 2. The van der Waals surface area contributed by atoms with Crippen LogP contribution in [0.3, 0.4) is 0 Å². The van der Waals surface area contributed by atoms with Crippen molar-refractivity contribution in [3.63, 3.8) is 0 Å². The van der Waals surface area contributed by atoms with Crippen LogP contribution >= 0.6 is 0 Å². The molecule has 3 N–H and O–H groups in total. The Bertz CT molecular complexity index is 721. The fraction of sp³-hybridized carbons (Fsp3) is 0.636. The molecular formula is C22H32N4O4. The van der Waals surface area contributed by atoms with Gasteiger partial charge in [-0.15, -0.1) is 0 Å². The van der Waals surface area contributed by atoms with E-state index in [0.29, 0.717) is 37.4 Å². The van der Waals surface area contributed by atoms with Crippen LogP contribution in [-0.4, -0.2) is 59.0 Å². The average Bonchev–Trinajstić information content (AvgIpc) is 2.78. The summed E-state index contributed by atoms with van der Waals surface area (Å²) in [4.78, 5) is 42.7. The third-order valence-electron chi connectivity index (χ3n) is 6.15. The van der Waals surface area contributed by atoms with Crippen LogP contribution in [0.4, 0.5) is 0 Å². The molecule has 2 aliphatic heterocycles. The molecular weight excluding hydrogens is 384 g/mol. The van der Waals surface area contributed by atoms with E-state index in [0.717, 1.165) is 38.8 Å². The monoisotopic (exact) mass is 416 g/mol. The minimum absolute atomic E-state index is 0.125. The molecule has 0 bridgehead atoms. The molecule has 0 aromatic carbocycles. The molecule has 2 aliphatic rings. The van der Waals surface area contributed by atoms with Crippen molar-refractivity contribution in [2.24, 2.45) is 11.8 Å². The number of hydrogen-bond donors (Lipinski definition) is 3. The van der Waals surface area contributed by atoms with Crippen LogP contribution in [-0.2, 0) is 14.4 Å². The first-order valence-electron chi connectivity index (χ1n) is 10.9. The van der Waals surface area contributed by atoms with Gasteiger partial charge in [0.25, 0.3) is 0 Å². The van der Waals surface area contributed by atoms with E-state index in [1.165, 1.54) is 0 Å². The van der Waals surface area contributed by atoms with Crippen molar-refractivity contribution in [2.45, 2.75) is 51.0 Å². The van der Waals surface area contributed by atoms with Crippen molar-refractivity contribution in [3.8, 4) is 0 Å². The highest BCUT2D eigenvalue weighted by Crippen LogP contribution is 2.23. The fourth-order valence-electron chi connectivity index (χ4n) is 4.37. The lowest BCUT2D eigenvalue weighted by atomic mass is 9.92. The molecule has 1 aromatic heterocycles. The molecule has 2 atom stereocenters. The number of rotatable bonds is 8. The molecule has 8 nitrogen and oxygen atoms in total. The van der Waals surface area contributed by atoms with Gasteiger partial charge in [0, 0.05) is 31.9 Å². The number of carboxylic acid groups (broad SMARTS) is 1. The number of carbonyl (C=O) groups is 3. The van der Waals surface area contributed by atoms with Crippen LogP contribution in [0.25, 0.3) is 0 Å². The lowest BCUT2D eigenvalue weighted by Crippen LogP contribution is -2.46. The van der Waals surface area contributed by atoms with Gasteiger partial charge in [-0.2, -0.15) is 0 Å². The summed E-state index contributed by atoms with van der Waals surface area (Å²) >= 11 is 0. The minimum atomic E-state index is -0.984. The molecule has 30 heavy (non-hydrogen) atoms. The summed E-state index contributed by atoms with van der Waals surface area (Å²) in [5.74, 6) is -0.756. The van der Waals surface area contributed by atoms with E-state index in [1.54, 1.807) is 24.5 Å². The number of likely N-dealkylation sites (tertiary alicyclic amines) is 1. The molecule has 164 valence electrons. The number of aromatic nitrogens is 1. The zero-order chi connectivity index (χ0) is 21.3. The van der Waals surface area contributed by atoms with Crippen LogP contribution < -0.4 is 10.6 Å². The highest BCUT2D eigenvalue weighted by molar-refractivity contribution is 5.82. The van der Waals surface area contributed by atoms with Crippen molar-refractivity contribution >= 4 is 17.8 Å². The highest BCUT2D eigenvalue weighted by Gasteiger charge is 2.30. The molecule has 3 heterocycles. The van der Waals surface area contributed by atoms with Gasteiger partial charge in [-0.3, -0.25) is 19.4 Å². The zero-order valence-electron chi connectivity index (χ0n) is 17.4. The average molecular weight is 417 g/mol. The number of hydrogen-bond acceptors (Lipinski definition) is 5. The lowest BCUT2D eigenvalue weighted by molar-refractivity contribution is -0.138. The molecule has 0 saturated carbocycles. The highest BCUT2D eigenvalue weighted by atomic mass is 16.4. The maximum Gasteiger partial charge on any atom is 0.305 e. The van der Waals surface area contributed by atoms with Gasteiger partial charge in [0.2, 0.25) is 11.8 Å². The first kappa shape index (κ1) is 22.2. The SMILES string of the molecule is O=C(O)CC(NC(=O)C1CCCN(C(=O)CCC2CCNCC2)C1)c1cccnc1. The Kier molecular flexibility index (Phi) is 8.19. The van der Waals surface area contributed by atoms with Gasteiger partial charge in [-0.05, 0) is 62.7 Å². The fourth-order valence-corrected chi connectivity index (χ4v) is 4.37. The quantitative estimate of drug-likeness (QED) is 0.595. The summed E-state index contributed by atoms with van der Waals surface area (Å²) < 4.78 is 0. The number of carboxylic acids is 1. The minimum Gasteiger partial charge on any atom is -0.481 e. The number of aliphatic carboxylic acids is 1. The van der Waals surface area contributed by atoms with E-state index in [-0.39, 0.29) is 24.2 Å². The molecule has 1 aromatic rings. The molecule has 0 spiro atoms. The molecule has 3 rings (SSSR count). The smallest absolute Gasteiger partial charge is 0.305 e. The van der Waals surface area contributed by atoms with E-state index >= 15 is 0 Å². The van der Waals surface area contributed by atoms with Gasteiger partial charge in [-0.25, -0.2) is 0 Å². The van der Waals surface area contributed by atoms with Crippen molar-refractivity contribution in [1.82, 2.24) is 20.5 Å². The molecule has 2 fully saturated rings. The Morgan fingerprint density at radius 1 is 1.27 bits per heavy atom. The number of pyridine rings is 1. The number of nitrogens with zero attached hydrogens (tertiary/aromatic N) is 2. The third-order valence-corrected chi connectivity index (χ3v) is 6.15. The van der Waals surface area contributed by atoms with Crippen molar-refractivity contribution in [2.75, 3.05) is 26.2 Å². The van der Waals surface area contributed by atoms with E-state index in [2.05, 4.69) is 15.6 Å². The third kappa shape index (κ3) is 6.52. The summed E-state index contributed by atoms with van der Waals surface area (Å²) in [6.45, 7) is 3.15. The number of piperidine rings is 2. The topological polar surface area (TPSA) is 112 Å². The summed E-state index contributed by atoms with van der Waals surface area (Å²) in [7, 11) is 0. The summed E-state index contributed by atoms with van der Waals surface area (Å²) in [5.41, 5.74) is 0.666. The van der Waals surface area contributed by atoms with Gasteiger partial charge in [0.15, 0.2) is 0 Å². The van der Waals surface area contributed by atoms with Gasteiger partial charge in [-0.1, -0.05) is 6.07 Å². The van der Waals surface area contributed by atoms with E-state index in [9.17, 15) is 19.5 Å². The molecule has 0 aliphatic carbocycles. The summed E-state index contributed by atoms with van der Waals surface area (Å²) in [5, 5.41) is 15.4. The van der Waals surface area contributed by atoms with Crippen molar-refractivity contribution in [3.05, 3.63) is 30.1 Å². The summed E-state index contributed by atoms with van der Waals surface area (Å²) in [6.07, 6.45) is 8.16. The van der Waals surface area contributed by atoms with E-state index < -0.39 is 12.0 Å². The van der Waals surface area contributed by atoms with Gasteiger partial charge < -0.3 is 20.6 Å². The molecule has 8 heteroatoms. The van der Waals surface area contributed by atoms with Gasteiger partial charge >= 0.3 is 5.97 Å². The first-order valence-corrected chi connectivity index (χ1v) is 10.9. The number of carbonyl (C=O) groups excluding carboxylic acids is 2. The Labute approximate surface area is 177 Å².